The molecule has 1 saturated heterocycles. The van der Waals surface area contributed by atoms with Gasteiger partial charge in [0.1, 0.15) is 6.61 Å². The summed E-state index contributed by atoms with van der Waals surface area (Å²) in [4.78, 5) is 14.7. The van der Waals surface area contributed by atoms with Gasteiger partial charge >= 0.3 is 6.09 Å². The minimum atomic E-state index is -0.176. The summed E-state index contributed by atoms with van der Waals surface area (Å²) in [5, 5.41) is 3.77. The average molecular weight is 463 g/mol. The SMILES string of the molecule is CCCCC[C@H](C[C@H]1CCCN1C(=O)OCc1ccccc1)NCCCC(OCC)OCC. The first-order chi connectivity index (χ1) is 16.2. The predicted octanol–water partition coefficient (Wildman–Crippen LogP) is 5.90. The molecule has 1 aliphatic rings. The van der Waals surface area contributed by atoms with Gasteiger partial charge in [-0.05, 0) is 64.5 Å². The summed E-state index contributed by atoms with van der Waals surface area (Å²) in [7, 11) is 0. The van der Waals surface area contributed by atoms with Crippen LogP contribution in [0.5, 0.6) is 0 Å². The monoisotopic (exact) mass is 462 g/mol. The molecule has 33 heavy (non-hydrogen) atoms. The number of likely N-dealkylation sites (tertiary alicyclic amines) is 1. The van der Waals surface area contributed by atoms with Crippen LogP contribution >= 0.6 is 0 Å². The molecule has 0 radical (unpaired) electrons. The first-order valence-corrected chi connectivity index (χ1v) is 13.1. The van der Waals surface area contributed by atoms with E-state index < -0.39 is 0 Å². The van der Waals surface area contributed by atoms with E-state index in [1.54, 1.807) is 0 Å². The van der Waals surface area contributed by atoms with Gasteiger partial charge in [0.25, 0.3) is 0 Å². The van der Waals surface area contributed by atoms with Crippen LogP contribution in [0.15, 0.2) is 30.3 Å². The molecule has 188 valence electrons. The van der Waals surface area contributed by atoms with Gasteiger partial charge in [-0.2, -0.15) is 0 Å². The maximum Gasteiger partial charge on any atom is 0.410 e. The number of hydrogen-bond acceptors (Lipinski definition) is 5. The van der Waals surface area contributed by atoms with Crippen LogP contribution in [0, 0.1) is 0 Å². The average Bonchev–Trinajstić information content (AvgIpc) is 3.29. The number of hydrogen-bond donors (Lipinski definition) is 1. The van der Waals surface area contributed by atoms with Crippen LogP contribution in [0.1, 0.15) is 84.1 Å². The maximum absolute atomic E-state index is 12.8. The molecule has 0 aliphatic carbocycles. The molecule has 1 aliphatic heterocycles. The summed E-state index contributed by atoms with van der Waals surface area (Å²) in [5.74, 6) is 0. The van der Waals surface area contributed by atoms with Gasteiger partial charge in [-0.3, -0.25) is 0 Å². The van der Waals surface area contributed by atoms with Gasteiger partial charge in [0.05, 0.1) is 0 Å². The van der Waals surface area contributed by atoms with E-state index in [9.17, 15) is 4.79 Å². The second kappa shape index (κ2) is 16.9. The summed E-state index contributed by atoms with van der Waals surface area (Å²) in [6.07, 6.45) is 9.58. The molecule has 1 aromatic carbocycles. The summed E-state index contributed by atoms with van der Waals surface area (Å²) < 4.78 is 17.0. The molecule has 1 amide bonds. The lowest BCUT2D eigenvalue weighted by atomic mass is 9.99. The van der Waals surface area contributed by atoms with Crippen molar-refractivity contribution < 1.29 is 19.0 Å². The van der Waals surface area contributed by atoms with E-state index in [1.807, 2.05) is 49.1 Å². The third-order valence-corrected chi connectivity index (χ3v) is 6.28. The van der Waals surface area contributed by atoms with Crippen molar-refractivity contribution in [2.24, 2.45) is 0 Å². The number of nitrogens with one attached hydrogen (secondary N) is 1. The predicted molar refractivity (Wildman–Crippen MR) is 133 cm³/mol. The molecule has 2 rings (SSSR count). The largest absolute Gasteiger partial charge is 0.445 e. The molecule has 6 nitrogen and oxygen atoms in total. The Morgan fingerprint density at radius 3 is 2.52 bits per heavy atom. The van der Waals surface area contributed by atoms with Gasteiger partial charge in [-0.25, -0.2) is 4.79 Å². The molecule has 0 unspecified atom stereocenters. The van der Waals surface area contributed by atoms with Crippen LogP contribution in [0.25, 0.3) is 0 Å². The van der Waals surface area contributed by atoms with Crippen LogP contribution in [-0.2, 0) is 20.8 Å². The molecule has 2 atom stereocenters. The Morgan fingerprint density at radius 1 is 1.06 bits per heavy atom. The van der Waals surface area contributed by atoms with E-state index in [0.717, 1.165) is 57.2 Å². The van der Waals surface area contributed by atoms with Gasteiger partial charge in [-0.1, -0.05) is 56.5 Å². The zero-order valence-corrected chi connectivity index (χ0v) is 21.1. The van der Waals surface area contributed by atoms with Crippen LogP contribution in [0.3, 0.4) is 0 Å². The van der Waals surface area contributed by atoms with Crippen LogP contribution < -0.4 is 5.32 Å². The molecular weight excluding hydrogens is 416 g/mol. The lowest BCUT2D eigenvalue weighted by molar-refractivity contribution is -0.139. The first-order valence-electron chi connectivity index (χ1n) is 13.1. The first kappa shape index (κ1) is 27.6. The van der Waals surface area contributed by atoms with Gasteiger partial charge in [0, 0.05) is 31.8 Å². The van der Waals surface area contributed by atoms with Crippen molar-refractivity contribution in [3.63, 3.8) is 0 Å². The molecular formula is C27H46N2O4. The second-order valence-electron chi connectivity index (χ2n) is 8.89. The van der Waals surface area contributed by atoms with Gasteiger partial charge in [0.15, 0.2) is 6.29 Å². The Hall–Kier alpha value is -1.63. The number of amides is 1. The summed E-state index contributed by atoms with van der Waals surface area (Å²) in [6, 6.07) is 10.6. The van der Waals surface area contributed by atoms with E-state index in [0.29, 0.717) is 25.9 Å². The van der Waals surface area contributed by atoms with Gasteiger partial charge in [0.2, 0.25) is 0 Å². The number of rotatable bonds is 17. The Balaban J connectivity index is 1.82. The van der Waals surface area contributed by atoms with Crippen LogP contribution in [-0.4, -0.2) is 55.7 Å². The van der Waals surface area contributed by atoms with Crippen LogP contribution in [0.2, 0.25) is 0 Å². The van der Waals surface area contributed by atoms with Crippen LogP contribution in [0.4, 0.5) is 4.79 Å². The lowest BCUT2D eigenvalue weighted by Crippen LogP contribution is -2.41. The highest BCUT2D eigenvalue weighted by Crippen LogP contribution is 2.24. The Morgan fingerprint density at radius 2 is 1.82 bits per heavy atom. The Bertz CT molecular complexity index is 622. The molecule has 1 N–H and O–H groups in total. The number of nitrogens with zero attached hydrogens (tertiary/aromatic N) is 1. The third kappa shape index (κ3) is 10.9. The van der Waals surface area contributed by atoms with Crippen molar-refractivity contribution in [3.8, 4) is 0 Å². The van der Waals surface area contributed by atoms with Crippen molar-refractivity contribution in [2.75, 3.05) is 26.3 Å². The molecule has 1 fully saturated rings. The smallest absolute Gasteiger partial charge is 0.410 e. The van der Waals surface area contributed by atoms with Crippen molar-refractivity contribution >= 4 is 6.09 Å². The number of ether oxygens (including phenoxy) is 3. The third-order valence-electron chi connectivity index (χ3n) is 6.28. The topological polar surface area (TPSA) is 60.0 Å². The van der Waals surface area contributed by atoms with E-state index in [-0.39, 0.29) is 18.4 Å². The lowest BCUT2D eigenvalue weighted by Gasteiger charge is -2.29. The quantitative estimate of drug-likeness (QED) is 0.231. The fourth-order valence-corrected chi connectivity index (χ4v) is 4.56. The van der Waals surface area contributed by atoms with Crippen molar-refractivity contribution in [1.82, 2.24) is 10.2 Å². The van der Waals surface area contributed by atoms with E-state index in [4.69, 9.17) is 14.2 Å². The van der Waals surface area contributed by atoms with E-state index >= 15 is 0 Å². The molecule has 0 bridgehead atoms. The molecule has 1 heterocycles. The minimum Gasteiger partial charge on any atom is -0.445 e. The van der Waals surface area contributed by atoms with Gasteiger partial charge in [-0.15, -0.1) is 0 Å². The number of carbonyl (C=O) groups excluding carboxylic acids is 1. The van der Waals surface area contributed by atoms with Crippen molar-refractivity contribution in [1.29, 1.82) is 0 Å². The fraction of sp³-hybridized carbons (Fsp3) is 0.741. The Labute approximate surface area is 201 Å². The van der Waals surface area contributed by atoms with Crippen molar-refractivity contribution in [3.05, 3.63) is 35.9 Å². The highest BCUT2D eigenvalue weighted by Gasteiger charge is 2.31. The Kier molecular flexibility index (Phi) is 14.1. The highest BCUT2D eigenvalue weighted by atomic mass is 16.7. The van der Waals surface area contributed by atoms with E-state index in [1.165, 1.54) is 19.3 Å². The highest BCUT2D eigenvalue weighted by molar-refractivity contribution is 5.68. The van der Waals surface area contributed by atoms with Gasteiger partial charge < -0.3 is 24.4 Å². The zero-order chi connectivity index (χ0) is 23.7. The molecule has 0 saturated carbocycles. The summed E-state index contributed by atoms with van der Waals surface area (Å²) in [6.45, 7) is 9.68. The maximum atomic E-state index is 12.8. The normalized spacial score (nSPS) is 17.0. The van der Waals surface area contributed by atoms with Crippen molar-refractivity contribution in [2.45, 2.75) is 104 Å². The molecule has 0 aromatic heterocycles. The number of unbranched alkanes of at least 4 members (excludes halogenated alkanes) is 2. The van der Waals surface area contributed by atoms with E-state index in [2.05, 4.69) is 12.2 Å². The zero-order valence-electron chi connectivity index (χ0n) is 21.1. The fourth-order valence-electron chi connectivity index (χ4n) is 4.56. The summed E-state index contributed by atoms with van der Waals surface area (Å²) in [5.41, 5.74) is 1.03. The summed E-state index contributed by atoms with van der Waals surface area (Å²) >= 11 is 0. The molecule has 0 spiro atoms. The number of carbonyl (C=O) groups is 1. The molecule has 1 aromatic rings. The molecule has 6 heteroatoms. The second-order valence-corrected chi connectivity index (χ2v) is 8.89. The minimum absolute atomic E-state index is 0.106. The standard InChI is InChI=1S/C27H46N2O4/c1-4-7-9-16-24(28-19-12-18-26(31-5-2)32-6-3)21-25-17-13-20-29(25)27(30)33-22-23-14-10-8-11-15-23/h8,10-11,14-15,24-26,28H,4-7,9,12-13,16-22H2,1-3H3/t24-,25-/m1/s1. The number of benzene rings is 1.